The predicted molar refractivity (Wildman–Crippen MR) is 118 cm³/mol. The maximum absolute atomic E-state index is 12.7. The number of quaternary nitrogens is 1. The van der Waals surface area contributed by atoms with E-state index in [0.717, 1.165) is 59.7 Å². The number of benzene rings is 1. The third-order valence-corrected chi connectivity index (χ3v) is 6.52. The average Bonchev–Trinajstić information content (AvgIpc) is 2.78. The number of rotatable bonds is 5. The molecule has 30 heavy (non-hydrogen) atoms. The van der Waals surface area contributed by atoms with E-state index in [1.807, 2.05) is 30.0 Å². The molecule has 0 spiro atoms. The Kier molecular flexibility index (Phi) is 6.86. The molecule has 8 heteroatoms. The Morgan fingerprint density at radius 2 is 1.90 bits per heavy atom. The number of nitrogens with zero attached hydrogens (tertiary/aromatic N) is 4. The first kappa shape index (κ1) is 21.1. The minimum Gasteiger partial charge on any atom is -0.378 e. The smallest absolute Gasteiger partial charge is 0.254 e. The maximum atomic E-state index is 12.7. The van der Waals surface area contributed by atoms with Crippen LogP contribution in [0.25, 0.3) is 0 Å². The van der Waals surface area contributed by atoms with Gasteiger partial charge in [-0.1, -0.05) is 23.9 Å². The summed E-state index contributed by atoms with van der Waals surface area (Å²) in [5.74, 6) is 1.84. The van der Waals surface area contributed by atoms with Crippen LogP contribution in [0.2, 0.25) is 0 Å². The van der Waals surface area contributed by atoms with Gasteiger partial charge < -0.3 is 19.4 Å². The van der Waals surface area contributed by atoms with E-state index in [-0.39, 0.29) is 5.91 Å². The van der Waals surface area contributed by atoms with Crippen LogP contribution in [0, 0.1) is 6.92 Å². The number of carbonyl (C=O) groups excluding carboxylic acids is 1. The Morgan fingerprint density at radius 1 is 1.13 bits per heavy atom. The van der Waals surface area contributed by atoms with Crippen LogP contribution in [0.4, 0.5) is 5.82 Å². The molecular weight excluding hydrogens is 398 g/mol. The molecule has 2 saturated heterocycles. The first-order valence-electron chi connectivity index (χ1n) is 10.6. The number of hydrogen-bond donors (Lipinski definition) is 1. The van der Waals surface area contributed by atoms with Gasteiger partial charge in [0.25, 0.3) is 5.91 Å². The second-order valence-corrected chi connectivity index (χ2v) is 8.93. The number of ether oxygens (including phenoxy) is 1. The van der Waals surface area contributed by atoms with E-state index in [2.05, 4.69) is 29.1 Å². The summed E-state index contributed by atoms with van der Waals surface area (Å²) in [5.41, 5.74) is 2.83. The number of morpholine rings is 1. The second kappa shape index (κ2) is 9.76. The zero-order valence-corrected chi connectivity index (χ0v) is 18.6. The molecule has 2 fully saturated rings. The molecule has 0 unspecified atom stereocenters. The quantitative estimate of drug-likeness (QED) is 0.564. The average molecular weight is 429 g/mol. The van der Waals surface area contributed by atoms with Crippen LogP contribution in [-0.4, -0.2) is 80.3 Å². The number of amides is 1. The number of piperazine rings is 1. The fourth-order valence-corrected chi connectivity index (χ4v) is 4.60. The number of hydrogen-bond acceptors (Lipinski definition) is 6. The molecule has 2 aromatic rings. The van der Waals surface area contributed by atoms with Gasteiger partial charge in [0.2, 0.25) is 0 Å². The van der Waals surface area contributed by atoms with Gasteiger partial charge in [0, 0.05) is 36.2 Å². The molecule has 160 valence electrons. The van der Waals surface area contributed by atoms with E-state index >= 15 is 0 Å². The van der Waals surface area contributed by atoms with Crippen molar-refractivity contribution in [3.63, 3.8) is 0 Å². The van der Waals surface area contributed by atoms with Crippen molar-refractivity contribution in [3.8, 4) is 0 Å². The van der Waals surface area contributed by atoms with Gasteiger partial charge in [0.05, 0.1) is 46.4 Å². The van der Waals surface area contributed by atoms with Crippen molar-refractivity contribution in [2.45, 2.75) is 17.8 Å². The standard InChI is InChI=1S/C22H29N5O2S/c1-17-14-20(26-8-6-25(2)7-9-26)24-22(23-17)30-16-18-4-3-5-19(15-18)21(28)27-10-12-29-13-11-27/h3-5,14-15H,6-13,16H2,1-2H3/p+1. The van der Waals surface area contributed by atoms with Gasteiger partial charge >= 0.3 is 0 Å². The largest absolute Gasteiger partial charge is 0.378 e. The minimum atomic E-state index is 0.0800. The van der Waals surface area contributed by atoms with Crippen molar-refractivity contribution in [2.24, 2.45) is 0 Å². The summed E-state index contributed by atoms with van der Waals surface area (Å²) in [5, 5.41) is 0.793. The van der Waals surface area contributed by atoms with Crippen molar-refractivity contribution in [2.75, 3.05) is 64.4 Å². The molecule has 1 N–H and O–H groups in total. The molecule has 0 radical (unpaired) electrons. The van der Waals surface area contributed by atoms with E-state index in [0.29, 0.717) is 26.3 Å². The van der Waals surface area contributed by atoms with Crippen LogP contribution >= 0.6 is 11.8 Å². The van der Waals surface area contributed by atoms with E-state index in [1.54, 1.807) is 16.7 Å². The Bertz CT molecular complexity index is 880. The summed E-state index contributed by atoms with van der Waals surface area (Å²) in [4.78, 5) is 28.0. The van der Waals surface area contributed by atoms with E-state index in [1.165, 1.54) is 0 Å². The zero-order valence-electron chi connectivity index (χ0n) is 17.8. The molecule has 0 atom stereocenters. The summed E-state index contributed by atoms with van der Waals surface area (Å²) < 4.78 is 5.35. The Morgan fingerprint density at radius 3 is 2.67 bits per heavy atom. The minimum absolute atomic E-state index is 0.0800. The lowest BCUT2D eigenvalue weighted by molar-refractivity contribution is -0.880. The topological polar surface area (TPSA) is 63.0 Å². The van der Waals surface area contributed by atoms with Crippen LogP contribution in [0.3, 0.4) is 0 Å². The van der Waals surface area contributed by atoms with Gasteiger partial charge in [-0.25, -0.2) is 9.97 Å². The second-order valence-electron chi connectivity index (χ2n) is 7.99. The third kappa shape index (κ3) is 5.30. The van der Waals surface area contributed by atoms with Crippen LogP contribution in [-0.2, 0) is 10.5 Å². The molecule has 1 amide bonds. The maximum Gasteiger partial charge on any atom is 0.254 e. The number of nitrogens with one attached hydrogen (secondary N) is 1. The third-order valence-electron chi connectivity index (χ3n) is 5.60. The molecule has 1 aromatic heterocycles. The molecule has 0 bridgehead atoms. The first-order valence-corrected chi connectivity index (χ1v) is 11.6. The molecule has 2 aliphatic heterocycles. The fraction of sp³-hybridized carbons (Fsp3) is 0.500. The van der Waals surface area contributed by atoms with Crippen molar-refractivity contribution in [3.05, 3.63) is 47.2 Å². The lowest BCUT2D eigenvalue weighted by atomic mass is 10.1. The Labute approximate surface area is 182 Å². The van der Waals surface area contributed by atoms with Crippen molar-refractivity contribution >= 4 is 23.5 Å². The number of aromatic nitrogens is 2. The zero-order chi connectivity index (χ0) is 20.9. The summed E-state index contributed by atoms with van der Waals surface area (Å²) in [7, 11) is 2.24. The summed E-state index contributed by atoms with van der Waals surface area (Å²) in [6.45, 7) is 8.89. The molecule has 3 heterocycles. The molecule has 0 aliphatic carbocycles. The molecule has 2 aliphatic rings. The van der Waals surface area contributed by atoms with E-state index in [9.17, 15) is 4.79 Å². The Balaban J connectivity index is 1.41. The van der Waals surface area contributed by atoms with Gasteiger partial charge in [0.15, 0.2) is 5.16 Å². The monoisotopic (exact) mass is 428 g/mol. The highest BCUT2D eigenvalue weighted by Gasteiger charge is 2.20. The molecular formula is C22H30N5O2S+. The summed E-state index contributed by atoms with van der Waals surface area (Å²) in [6.07, 6.45) is 0. The number of carbonyl (C=O) groups is 1. The van der Waals surface area contributed by atoms with Gasteiger partial charge in [-0.15, -0.1) is 0 Å². The lowest BCUT2D eigenvalue weighted by Gasteiger charge is -2.31. The number of thioether (sulfide) groups is 1. The van der Waals surface area contributed by atoms with Crippen molar-refractivity contribution in [1.29, 1.82) is 0 Å². The summed E-state index contributed by atoms with van der Waals surface area (Å²) >= 11 is 1.62. The van der Waals surface area contributed by atoms with Crippen LogP contribution in [0.5, 0.6) is 0 Å². The van der Waals surface area contributed by atoms with Gasteiger partial charge in [-0.3, -0.25) is 4.79 Å². The van der Waals surface area contributed by atoms with Crippen LogP contribution in [0.15, 0.2) is 35.5 Å². The first-order chi connectivity index (χ1) is 14.6. The van der Waals surface area contributed by atoms with Crippen LogP contribution < -0.4 is 9.80 Å². The normalized spacial score (nSPS) is 17.9. The molecule has 1 aromatic carbocycles. The predicted octanol–water partition coefficient (Wildman–Crippen LogP) is 0.884. The molecule has 4 rings (SSSR count). The van der Waals surface area contributed by atoms with Crippen molar-refractivity contribution < 1.29 is 14.4 Å². The van der Waals surface area contributed by atoms with Crippen molar-refractivity contribution in [1.82, 2.24) is 14.9 Å². The fourth-order valence-electron chi connectivity index (χ4n) is 3.76. The SMILES string of the molecule is Cc1cc(N2CC[NH+](C)CC2)nc(SCc2cccc(C(=O)N3CCOCC3)c2)n1. The number of anilines is 1. The number of aryl methyl sites for hydroxylation is 1. The van der Waals surface area contributed by atoms with E-state index in [4.69, 9.17) is 9.72 Å². The highest BCUT2D eigenvalue weighted by atomic mass is 32.2. The Hall–Kier alpha value is -2.16. The molecule has 7 nitrogen and oxygen atoms in total. The van der Waals surface area contributed by atoms with E-state index < -0.39 is 0 Å². The highest BCUT2D eigenvalue weighted by molar-refractivity contribution is 7.98. The van der Waals surface area contributed by atoms with Crippen LogP contribution in [0.1, 0.15) is 21.6 Å². The highest BCUT2D eigenvalue weighted by Crippen LogP contribution is 2.23. The number of likely N-dealkylation sites (N-methyl/N-ethyl adjacent to an activating group) is 1. The molecule has 0 saturated carbocycles. The lowest BCUT2D eigenvalue weighted by Crippen LogP contribution is -3.12. The van der Waals surface area contributed by atoms with Gasteiger partial charge in [-0.2, -0.15) is 0 Å². The summed E-state index contributed by atoms with van der Waals surface area (Å²) in [6, 6.07) is 9.97. The van der Waals surface area contributed by atoms with Gasteiger partial charge in [0.1, 0.15) is 5.82 Å². The van der Waals surface area contributed by atoms with Gasteiger partial charge in [-0.05, 0) is 24.6 Å².